The Balaban J connectivity index is 1.89. The minimum atomic E-state index is -4.63. The fourth-order valence-corrected chi connectivity index (χ4v) is 17.5. The van der Waals surface area contributed by atoms with Gasteiger partial charge in [0.2, 0.25) is 0 Å². The van der Waals surface area contributed by atoms with Crippen LogP contribution in [0.2, 0.25) is 0 Å². The molecule has 6 rings (SSSR count). The summed E-state index contributed by atoms with van der Waals surface area (Å²) >= 11 is -3.81. The van der Waals surface area contributed by atoms with Gasteiger partial charge in [-0.2, -0.15) is 0 Å². The number of rotatable bonds is 4. The van der Waals surface area contributed by atoms with Crippen molar-refractivity contribution in [3.05, 3.63) is 144 Å². The molecule has 0 atom stereocenters. The van der Waals surface area contributed by atoms with Gasteiger partial charge in [0, 0.05) is 0 Å². The zero-order valence-electron chi connectivity index (χ0n) is 34.8. The predicted molar refractivity (Wildman–Crippen MR) is 217 cm³/mol. The molecule has 0 fully saturated rings. The van der Waals surface area contributed by atoms with Crippen LogP contribution >= 0.6 is 0 Å². The second-order valence-electron chi connectivity index (χ2n) is 19.7. The van der Waals surface area contributed by atoms with Crippen LogP contribution in [0, 0.1) is 0 Å². The first-order valence-electron chi connectivity index (χ1n) is 19.4. The van der Waals surface area contributed by atoms with Gasteiger partial charge in [-0.05, 0) is 0 Å². The third-order valence-electron chi connectivity index (χ3n) is 11.1. The van der Waals surface area contributed by atoms with Gasteiger partial charge >= 0.3 is 339 Å². The normalized spacial score (nSPS) is 14.9. The van der Waals surface area contributed by atoms with Gasteiger partial charge in [-0.25, -0.2) is 0 Å². The van der Waals surface area contributed by atoms with Crippen LogP contribution in [0.1, 0.15) is 145 Å². The molecule has 0 heterocycles. The number of halogens is 6. The van der Waals surface area contributed by atoms with Crippen molar-refractivity contribution >= 4 is 6.48 Å². The molecule has 0 spiro atoms. The summed E-state index contributed by atoms with van der Waals surface area (Å²) in [6.45, 7) is 26.6. The maximum atomic E-state index is 14.5. The van der Waals surface area contributed by atoms with Crippen LogP contribution in [0.4, 0.5) is 26.3 Å². The van der Waals surface area contributed by atoms with Crippen molar-refractivity contribution in [1.29, 1.82) is 0 Å². The molecular formula is C49H54F6Zr. The van der Waals surface area contributed by atoms with E-state index >= 15 is 0 Å². The molecule has 2 aliphatic rings. The first-order chi connectivity index (χ1) is 25.6. The summed E-state index contributed by atoms with van der Waals surface area (Å²) in [6, 6.07) is 17.6. The van der Waals surface area contributed by atoms with Gasteiger partial charge < -0.3 is 0 Å². The molecule has 4 aromatic carbocycles. The van der Waals surface area contributed by atoms with E-state index in [1.165, 1.54) is 54.3 Å². The average molecular weight is 848 g/mol. The Morgan fingerprint density at radius 2 is 1.04 bits per heavy atom. The van der Waals surface area contributed by atoms with Gasteiger partial charge in [0.15, 0.2) is 0 Å². The Morgan fingerprint density at radius 3 is 1.46 bits per heavy atom. The Kier molecular flexibility index (Phi) is 10.7. The fraction of sp³-hybridized carbons (Fsp3) is 0.408. The third kappa shape index (κ3) is 8.18. The zero-order chi connectivity index (χ0) is 41.6. The number of fused-ring (bicyclic) bond motifs is 3. The third-order valence-corrected chi connectivity index (χ3v) is 18.8. The van der Waals surface area contributed by atoms with Gasteiger partial charge in [-0.15, -0.1) is 0 Å². The van der Waals surface area contributed by atoms with Crippen LogP contribution < -0.4 is 3.27 Å². The molecular weight excluding hydrogens is 794 g/mol. The summed E-state index contributed by atoms with van der Waals surface area (Å²) < 4.78 is 89.8. The topological polar surface area (TPSA) is 0 Å². The fourth-order valence-electron chi connectivity index (χ4n) is 8.50. The quantitative estimate of drug-likeness (QED) is 0.158. The van der Waals surface area contributed by atoms with Gasteiger partial charge in [0.25, 0.3) is 0 Å². The molecule has 56 heavy (non-hydrogen) atoms. The molecule has 0 saturated heterocycles. The Labute approximate surface area is 337 Å². The van der Waals surface area contributed by atoms with E-state index in [9.17, 15) is 26.3 Å². The van der Waals surface area contributed by atoms with Crippen molar-refractivity contribution in [2.24, 2.45) is 0 Å². The van der Waals surface area contributed by atoms with Gasteiger partial charge in [-0.1, -0.05) is 0 Å². The number of hydrogen-bond acceptors (Lipinski definition) is 0. The van der Waals surface area contributed by atoms with Crippen LogP contribution in [-0.4, -0.2) is 3.21 Å². The first kappa shape index (κ1) is 42.3. The molecule has 4 aromatic rings. The van der Waals surface area contributed by atoms with Crippen molar-refractivity contribution in [3.63, 3.8) is 0 Å². The second kappa shape index (κ2) is 14.2. The van der Waals surface area contributed by atoms with E-state index in [0.717, 1.165) is 33.1 Å². The molecule has 0 bridgehead atoms. The van der Waals surface area contributed by atoms with Crippen molar-refractivity contribution < 1.29 is 47.6 Å². The number of hydrogen-bond donors (Lipinski definition) is 0. The monoisotopic (exact) mass is 846 g/mol. The number of benzene rings is 4. The van der Waals surface area contributed by atoms with E-state index in [1.54, 1.807) is 12.1 Å². The molecule has 0 N–H and O–H groups in total. The van der Waals surface area contributed by atoms with Crippen molar-refractivity contribution in [2.45, 2.75) is 130 Å². The van der Waals surface area contributed by atoms with E-state index in [0.29, 0.717) is 27.2 Å². The van der Waals surface area contributed by atoms with Gasteiger partial charge in [-0.3, -0.25) is 0 Å². The van der Waals surface area contributed by atoms with Gasteiger partial charge in [0.05, 0.1) is 0 Å². The average Bonchev–Trinajstić information content (AvgIpc) is 3.72. The van der Waals surface area contributed by atoms with E-state index in [4.69, 9.17) is 0 Å². The summed E-state index contributed by atoms with van der Waals surface area (Å²) in [5.74, 6) is 0. The molecule has 296 valence electrons. The maximum absolute atomic E-state index is 14.5. The molecule has 0 radical (unpaired) electrons. The Morgan fingerprint density at radius 1 is 0.554 bits per heavy atom. The summed E-state index contributed by atoms with van der Waals surface area (Å²) in [5.41, 5.74) is 7.62. The Bertz CT molecular complexity index is 2240. The predicted octanol–water partition coefficient (Wildman–Crippen LogP) is 13.8. The van der Waals surface area contributed by atoms with Crippen molar-refractivity contribution in [2.75, 3.05) is 0 Å². The SMILES string of the molecule is CC(C)(C)c1cc2c(cc1C(C)(C)C)-c1cc(C(C)(C)C)c(C(C)(C)C)[c]([Zr]([C]3=CC=CC3)=[C](c3cccc(C(F)(F)F)c3)c3cccc(C(F)(F)F)c3)c1C2. The molecule has 0 aromatic heterocycles. The molecule has 7 heteroatoms. The summed E-state index contributed by atoms with van der Waals surface area (Å²) in [6.07, 6.45) is -1.86. The van der Waals surface area contributed by atoms with E-state index in [1.807, 2.05) is 6.08 Å². The van der Waals surface area contributed by atoms with Crippen LogP contribution in [0.25, 0.3) is 11.1 Å². The summed E-state index contributed by atoms with van der Waals surface area (Å²) in [4.78, 5) is 0. The summed E-state index contributed by atoms with van der Waals surface area (Å²) in [7, 11) is 0. The number of alkyl halides is 6. The Hall–Kier alpha value is -3.31. The molecule has 2 aliphatic carbocycles. The van der Waals surface area contributed by atoms with Crippen molar-refractivity contribution in [1.82, 2.24) is 0 Å². The van der Waals surface area contributed by atoms with Crippen LogP contribution in [-0.2, 0) is 61.7 Å². The van der Waals surface area contributed by atoms with Crippen LogP contribution in [0.5, 0.6) is 0 Å². The van der Waals surface area contributed by atoms with Crippen LogP contribution in [0.15, 0.2) is 88.2 Å². The zero-order valence-corrected chi connectivity index (χ0v) is 37.2. The van der Waals surface area contributed by atoms with Crippen LogP contribution in [0.3, 0.4) is 0 Å². The van der Waals surface area contributed by atoms with E-state index in [2.05, 4.69) is 113 Å². The molecule has 0 aliphatic heterocycles. The van der Waals surface area contributed by atoms with E-state index in [-0.39, 0.29) is 16.2 Å². The molecule has 0 unspecified atom stereocenters. The molecule has 0 nitrogen and oxygen atoms in total. The molecule has 0 saturated carbocycles. The second-order valence-corrected chi connectivity index (χ2v) is 25.5. The van der Waals surface area contributed by atoms with Crippen molar-refractivity contribution in [3.8, 4) is 11.1 Å². The summed E-state index contributed by atoms with van der Waals surface area (Å²) in [5, 5.41) is 0. The minimum absolute atomic E-state index is 0.127. The first-order valence-corrected chi connectivity index (χ1v) is 23.1. The standard InChI is InChI=1S/C29H41.C15H8F6.C5H5.Zr/c1-26(2,3)22-14-18-13-19-15-23(27(4,5)6)25(29(10,11)12)17-21(19)20(18)16-24(22)28(7,8)9;16-14(17,18)12-5-1-3-10(8-12)7-11-4-2-6-13(9-11)15(19,20)21;1-2-4-5-3-1;/h14,16-17H,13H2,1-12H3;1-6,8-9H;1-3H,4H2;. The van der Waals surface area contributed by atoms with Gasteiger partial charge in [0.1, 0.15) is 0 Å². The number of allylic oxidation sites excluding steroid dienone is 4. The molecule has 0 amide bonds. The van der Waals surface area contributed by atoms with E-state index < -0.39 is 50.2 Å².